The van der Waals surface area contributed by atoms with Gasteiger partial charge in [-0.2, -0.15) is 0 Å². The van der Waals surface area contributed by atoms with Crippen LogP contribution in [0.1, 0.15) is 36.3 Å². The lowest BCUT2D eigenvalue weighted by molar-refractivity contribution is 0.183. The number of hydrogen-bond donors (Lipinski definition) is 2. The van der Waals surface area contributed by atoms with Gasteiger partial charge in [0.05, 0.1) is 12.3 Å². The zero-order valence-electron chi connectivity index (χ0n) is 20.1. The second-order valence-corrected chi connectivity index (χ2v) is 9.53. The van der Waals surface area contributed by atoms with Crippen LogP contribution in [0.15, 0.2) is 66.7 Å². The Bertz CT molecular complexity index is 1110. The second-order valence-electron chi connectivity index (χ2n) is 9.53. The van der Waals surface area contributed by atoms with Crippen LogP contribution in [0.25, 0.3) is 0 Å². The van der Waals surface area contributed by atoms with Crippen molar-refractivity contribution in [3.8, 4) is 23.0 Å². The van der Waals surface area contributed by atoms with Gasteiger partial charge in [0, 0.05) is 31.6 Å². The summed E-state index contributed by atoms with van der Waals surface area (Å²) in [6, 6.07) is 21.0. The van der Waals surface area contributed by atoms with Crippen LogP contribution in [0, 0.1) is 0 Å². The molecule has 2 heterocycles. The number of fused-ring (bicyclic) bond motifs is 1. The first kappa shape index (κ1) is 23.4. The first-order valence-electron chi connectivity index (χ1n) is 12.6. The van der Waals surface area contributed by atoms with E-state index in [1.165, 1.54) is 37.9 Å². The van der Waals surface area contributed by atoms with Crippen molar-refractivity contribution in [1.82, 2.24) is 4.90 Å². The normalized spacial score (nSPS) is 18.4. The first-order chi connectivity index (χ1) is 17.1. The van der Waals surface area contributed by atoms with E-state index in [4.69, 9.17) is 9.47 Å². The van der Waals surface area contributed by atoms with Crippen LogP contribution in [0.2, 0.25) is 0 Å². The SMILES string of the molecule is Oc1cccc(C2COc3cc(O)ccc3N(Cc3ccc(OCCN4CCCCC4)cc3)C2)c1. The monoisotopic (exact) mass is 474 g/mol. The molecule has 0 aromatic heterocycles. The van der Waals surface area contributed by atoms with Crippen LogP contribution in [0.5, 0.6) is 23.0 Å². The molecular weight excluding hydrogens is 440 g/mol. The van der Waals surface area contributed by atoms with Crippen LogP contribution >= 0.6 is 0 Å². The number of phenols is 2. The molecule has 1 fully saturated rings. The third-order valence-corrected chi connectivity index (χ3v) is 6.93. The number of piperidine rings is 1. The zero-order valence-corrected chi connectivity index (χ0v) is 20.1. The van der Waals surface area contributed by atoms with Gasteiger partial charge in [-0.05, 0) is 73.5 Å². The zero-order chi connectivity index (χ0) is 24.0. The number of ether oxygens (including phenoxy) is 2. The predicted molar refractivity (Wildman–Crippen MR) is 138 cm³/mol. The van der Waals surface area contributed by atoms with Gasteiger partial charge in [-0.1, -0.05) is 30.7 Å². The van der Waals surface area contributed by atoms with Gasteiger partial charge in [-0.25, -0.2) is 0 Å². The van der Waals surface area contributed by atoms with E-state index in [-0.39, 0.29) is 17.4 Å². The number of benzene rings is 3. The van der Waals surface area contributed by atoms with E-state index < -0.39 is 0 Å². The van der Waals surface area contributed by atoms with Crippen molar-refractivity contribution in [1.29, 1.82) is 0 Å². The third kappa shape index (κ3) is 6.01. The van der Waals surface area contributed by atoms with E-state index in [1.54, 1.807) is 24.3 Å². The summed E-state index contributed by atoms with van der Waals surface area (Å²) in [6.45, 7) is 5.97. The molecule has 184 valence electrons. The van der Waals surface area contributed by atoms with Crippen molar-refractivity contribution in [2.24, 2.45) is 0 Å². The molecule has 0 bridgehead atoms. The number of rotatable bonds is 7. The minimum absolute atomic E-state index is 0.0778. The average Bonchev–Trinajstić information content (AvgIpc) is 3.05. The van der Waals surface area contributed by atoms with E-state index >= 15 is 0 Å². The molecule has 0 amide bonds. The highest BCUT2D eigenvalue weighted by Crippen LogP contribution is 2.38. The average molecular weight is 475 g/mol. The quantitative estimate of drug-likeness (QED) is 0.494. The summed E-state index contributed by atoms with van der Waals surface area (Å²) in [6.07, 6.45) is 3.94. The maximum atomic E-state index is 10.0. The Hall–Kier alpha value is -3.38. The Balaban J connectivity index is 1.27. The fraction of sp³-hybridized carbons (Fsp3) is 0.379. The van der Waals surface area contributed by atoms with Crippen molar-refractivity contribution in [3.05, 3.63) is 77.9 Å². The highest BCUT2D eigenvalue weighted by Gasteiger charge is 2.25. The summed E-state index contributed by atoms with van der Waals surface area (Å²) in [4.78, 5) is 4.76. The minimum Gasteiger partial charge on any atom is -0.508 e. The molecule has 0 saturated carbocycles. The van der Waals surface area contributed by atoms with E-state index in [2.05, 4.69) is 21.9 Å². The van der Waals surface area contributed by atoms with Crippen LogP contribution in [-0.2, 0) is 6.54 Å². The van der Waals surface area contributed by atoms with Gasteiger partial charge >= 0.3 is 0 Å². The Labute approximate surface area is 207 Å². The van der Waals surface area contributed by atoms with Crippen molar-refractivity contribution >= 4 is 5.69 Å². The van der Waals surface area contributed by atoms with E-state index in [0.29, 0.717) is 25.5 Å². The molecule has 3 aromatic rings. The number of phenolic OH excluding ortho intramolecular Hbond substituents is 2. The third-order valence-electron chi connectivity index (χ3n) is 6.93. The van der Waals surface area contributed by atoms with Crippen LogP contribution in [0.3, 0.4) is 0 Å². The summed E-state index contributed by atoms with van der Waals surface area (Å²) in [5.74, 6) is 2.09. The van der Waals surface area contributed by atoms with Crippen LogP contribution in [-0.4, -0.2) is 54.5 Å². The maximum Gasteiger partial charge on any atom is 0.146 e. The van der Waals surface area contributed by atoms with Gasteiger partial charge in [0.2, 0.25) is 0 Å². The summed E-state index contributed by atoms with van der Waals surface area (Å²) in [5.41, 5.74) is 3.15. The van der Waals surface area contributed by atoms with E-state index in [0.717, 1.165) is 30.1 Å². The Morgan fingerprint density at radius 2 is 1.69 bits per heavy atom. The second kappa shape index (κ2) is 10.9. The molecule has 5 rings (SSSR count). The Morgan fingerprint density at radius 3 is 2.49 bits per heavy atom. The number of likely N-dealkylation sites (tertiary alicyclic amines) is 1. The standard InChI is InChI=1S/C29H34N2O4/c32-25-6-4-5-23(17-25)24-20-31(28-12-9-26(33)18-29(28)35-21-24)19-22-7-10-27(11-8-22)34-16-15-30-13-2-1-3-14-30/h4-12,17-18,24,32-33H,1-3,13-16,19-21H2. The summed E-state index contributed by atoms with van der Waals surface area (Å²) >= 11 is 0. The van der Waals surface area contributed by atoms with E-state index in [1.807, 2.05) is 30.3 Å². The van der Waals surface area contributed by atoms with Crippen LogP contribution in [0.4, 0.5) is 5.69 Å². The van der Waals surface area contributed by atoms with Gasteiger partial charge in [0.1, 0.15) is 29.6 Å². The Kier molecular flexibility index (Phi) is 7.28. The molecule has 3 aromatic carbocycles. The molecule has 2 N–H and O–H groups in total. The van der Waals surface area contributed by atoms with Crippen molar-refractivity contribution in [3.63, 3.8) is 0 Å². The number of hydrogen-bond acceptors (Lipinski definition) is 6. The van der Waals surface area contributed by atoms with Gasteiger partial charge < -0.3 is 24.6 Å². The van der Waals surface area contributed by atoms with Crippen LogP contribution < -0.4 is 14.4 Å². The summed E-state index contributed by atoms with van der Waals surface area (Å²) < 4.78 is 12.1. The number of nitrogens with zero attached hydrogens (tertiary/aromatic N) is 2. The molecule has 1 atom stereocenters. The molecule has 1 saturated heterocycles. The smallest absolute Gasteiger partial charge is 0.146 e. The fourth-order valence-electron chi connectivity index (χ4n) is 5.00. The van der Waals surface area contributed by atoms with Crippen molar-refractivity contribution < 1.29 is 19.7 Å². The molecule has 0 spiro atoms. The maximum absolute atomic E-state index is 10.0. The molecule has 6 nitrogen and oxygen atoms in total. The number of aromatic hydroxyl groups is 2. The lowest BCUT2D eigenvalue weighted by Gasteiger charge is -2.27. The van der Waals surface area contributed by atoms with E-state index in [9.17, 15) is 10.2 Å². The number of anilines is 1. The molecular formula is C29H34N2O4. The Morgan fingerprint density at radius 1 is 0.886 bits per heavy atom. The lowest BCUT2D eigenvalue weighted by Crippen LogP contribution is -2.33. The highest BCUT2D eigenvalue weighted by atomic mass is 16.5. The molecule has 0 radical (unpaired) electrons. The molecule has 0 aliphatic carbocycles. The molecule has 6 heteroatoms. The van der Waals surface area contributed by atoms with Crippen molar-refractivity contribution in [2.45, 2.75) is 31.7 Å². The molecule has 2 aliphatic heterocycles. The molecule has 35 heavy (non-hydrogen) atoms. The van der Waals surface area contributed by atoms with Gasteiger partial charge in [0.15, 0.2) is 0 Å². The van der Waals surface area contributed by atoms with Gasteiger partial charge in [-0.15, -0.1) is 0 Å². The lowest BCUT2D eigenvalue weighted by atomic mass is 9.99. The summed E-state index contributed by atoms with van der Waals surface area (Å²) in [7, 11) is 0. The summed E-state index contributed by atoms with van der Waals surface area (Å²) in [5, 5.41) is 20.0. The van der Waals surface area contributed by atoms with Gasteiger partial charge in [0.25, 0.3) is 0 Å². The first-order valence-corrected chi connectivity index (χ1v) is 12.6. The largest absolute Gasteiger partial charge is 0.508 e. The minimum atomic E-state index is 0.0778. The fourth-order valence-corrected chi connectivity index (χ4v) is 5.00. The topological polar surface area (TPSA) is 65.4 Å². The predicted octanol–water partition coefficient (Wildman–Crippen LogP) is 5.15. The molecule has 1 unspecified atom stereocenters. The molecule has 2 aliphatic rings. The highest BCUT2D eigenvalue weighted by molar-refractivity contribution is 5.62. The van der Waals surface area contributed by atoms with Crippen molar-refractivity contribution in [2.75, 3.05) is 44.3 Å². The van der Waals surface area contributed by atoms with Gasteiger partial charge in [-0.3, -0.25) is 4.90 Å².